The third kappa shape index (κ3) is 4.94. The number of piperidine rings is 1. The summed E-state index contributed by atoms with van der Waals surface area (Å²) in [6, 6.07) is 0. The largest absolute Gasteiger partial charge is 0.303 e. The molecule has 0 unspecified atom stereocenters. The number of carbonyl (C=O) groups excluding carboxylic acids is 1. The summed E-state index contributed by atoms with van der Waals surface area (Å²) in [5, 5.41) is 9.29. The molecule has 2 aliphatic heterocycles. The minimum Gasteiger partial charge on any atom is -0.303 e. The number of amides is 1. The molecule has 1 fully saturated rings. The predicted octanol–water partition coefficient (Wildman–Crippen LogP) is 0.713. The molecule has 0 atom stereocenters. The number of hydrogen-bond acceptors (Lipinski definition) is 4. The van der Waals surface area contributed by atoms with Gasteiger partial charge in [-0.1, -0.05) is 12.5 Å². The van der Waals surface area contributed by atoms with E-state index in [2.05, 4.69) is 10.4 Å². The third-order valence-electron chi connectivity index (χ3n) is 3.61. The highest BCUT2D eigenvalue weighted by atomic mass is 16.6. The average Bonchev–Trinajstić information content (AvgIpc) is 2.48. The second-order valence-corrected chi connectivity index (χ2v) is 5.28. The Morgan fingerprint density at radius 1 is 1.40 bits per heavy atom. The second kappa shape index (κ2) is 8.01. The van der Waals surface area contributed by atoms with E-state index >= 15 is 0 Å². The number of likely N-dealkylation sites (tertiary alicyclic amines) is 1. The topological polar surface area (TPSA) is 64.8 Å². The van der Waals surface area contributed by atoms with Crippen LogP contribution in [0.5, 0.6) is 0 Å². The van der Waals surface area contributed by atoms with Crippen LogP contribution in [0.1, 0.15) is 32.1 Å². The molecule has 0 aromatic heterocycles. The molecule has 0 spiro atoms. The van der Waals surface area contributed by atoms with Crippen molar-refractivity contribution in [1.82, 2.24) is 10.4 Å². The Bertz CT molecular complexity index is 387. The molecule has 0 aromatic rings. The van der Waals surface area contributed by atoms with E-state index in [1.807, 2.05) is 0 Å². The summed E-state index contributed by atoms with van der Waals surface area (Å²) in [7, 11) is 0. The molecule has 1 amide bonds. The number of nitrogens with one attached hydrogen (secondary N) is 1. The lowest BCUT2D eigenvalue weighted by Crippen LogP contribution is -2.33. The van der Waals surface area contributed by atoms with Gasteiger partial charge in [-0.3, -0.25) is 14.8 Å². The SMILES string of the molecule is O=C(NOCCCN1CCCCC1)C1=CCC[N+](O)=C1. The van der Waals surface area contributed by atoms with Crippen molar-refractivity contribution in [1.29, 1.82) is 0 Å². The Morgan fingerprint density at radius 3 is 2.95 bits per heavy atom. The van der Waals surface area contributed by atoms with Crippen molar-refractivity contribution in [2.45, 2.75) is 32.1 Å². The van der Waals surface area contributed by atoms with Gasteiger partial charge in [-0.15, -0.1) is 0 Å². The highest BCUT2D eigenvalue weighted by molar-refractivity contribution is 6.10. The number of nitrogens with zero attached hydrogens (tertiary/aromatic N) is 2. The summed E-state index contributed by atoms with van der Waals surface area (Å²) in [5.41, 5.74) is 2.86. The molecule has 1 saturated heterocycles. The molecule has 2 aliphatic rings. The first-order chi connectivity index (χ1) is 9.75. The van der Waals surface area contributed by atoms with Crippen LogP contribution < -0.4 is 5.48 Å². The van der Waals surface area contributed by atoms with E-state index in [1.165, 1.54) is 38.6 Å². The Hall–Kier alpha value is -1.40. The molecule has 6 nitrogen and oxygen atoms in total. The normalized spacial score (nSPS) is 20.2. The Balaban J connectivity index is 1.56. The lowest BCUT2D eigenvalue weighted by molar-refractivity contribution is -0.771. The highest BCUT2D eigenvalue weighted by Gasteiger charge is 2.17. The van der Waals surface area contributed by atoms with Gasteiger partial charge in [0.1, 0.15) is 5.57 Å². The number of hydrogen-bond donors (Lipinski definition) is 2. The zero-order valence-electron chi connectivity index (χ0n) is 11.9. The molecule has 6 heteroatoms. The average molecular weight is 282 g/mol. The Morgan fingerprint density at radius 2 is 2.20 bits per heavy atom. The van der Waals surface area contributed by atoms with E-state index in [4.69, 9.17) is 4.84 Å². The van der Waals surface area contributed by atoms with Crippen LogP contribution in [0.4, 0.5) is 0 Å². The van der Waals surface area contributed by atoms with Crippen LogP contribution in [-0.4, -0.2) is 59.8 Å². The van der Waals surface area contributed by atoms with Crippen LogP contribution in [0.25, 0.3) is 0 Å². The van der Waals surface area contributed by atoms with Gasteiger partial charge in [-0.25, -0.2) is 5.48 Å². The van der Waals surface area contributed by atoms with Crippen LogP contribution in [0.2, 0.25) is 0 Å². The van der Waals surface area contributed by atoms with Crippen LogP contribution in [0, 0.1) is 0 Å². The van der Waals surface area contributed by atoms with Gasteiger partial charge in [0.05, 0.1) is 6.61 Å². The Labute approximate surface area is 119 Å². The minimum atomic E-state index is -0.304. The molecule has 2 N–H and O–H groups in total. The van der Waals surface area contributed by atoms with E-state index in [0.29, 0.717) is 25.1 Å². The molecule has 112 valence electrons. The molecule has 0 saturated carbocycles. The Kier molecular flexibility index (Phi) is 6.01. The summed E-state index contributed by atoms with van der Waals surface area (Å²) >= 11 is 0. The van der Waals surface area contributed by atoms with Gasteiger partial charge in [0.15, 0.2) is 6.54 Å². The fourth-order valence-corrected chi connectivity index (χ4v) is 2.50. The van der Waals surface area contributed by atoms with E-state index in [0.717, 1.165) is 17.7 Å². The van der Waals surface area contributed by atoms with Crippen molar-refractivity contribution >= 4 is 12.1 Å². The van der Waals surface area contributed by atoms with E-state index in [-0.39, 0.29) is 5.91 Å². The van der Waals surface area contributed by atoms with E-state index in [9.17, 15) is 10.0 Å². The molecular formula is C14H24N3O3+. The molecular weight excluding hydrogens is 258 g/mol. The summed E-state index contributed by atoms with van der Waals surface area (Å²) in [5.74, 6) is -0.304. The summed E-state index contributed by atoms with van der Waals surface area (Å²) in [6.07, 6.45) is 8.70. The summed E-state index contributed by atoms with van der Waals surface area (Å²) < 4.78 is 1.02. The van der Waals surface area contributed by atoms with Crippen molar-refractivity contribution in [2.75, 3.05) is 32.8 Å². The van der Waals surface area contributed by atoms with Crippen molar-refractivity contribution in [3.05, 3.63) is 11.6 Å². The molecule has 2 heterocycles. The highest BCUT2D eigenvalue weighted by Crippen LogP contribution is 2.08. The number of carbonyl (C=O) groups is 1. The summed E-state index contributed by atoms with van der Waals surface area (Å²) in [6.45, 7) is 4.42. The fraction of sp³-hybridized carbons (Fsp3) is 0.714. The van der Waals surface area contributed by atoms with Gasteiger partial charge in [0.25, 0.3) is 5.91 Å². The van der Waals surface area contributed by atoms with Crippen molar-refractivity contribution in [2.24, 2.45) is 0 Å². The first-order valence-electron chi connectivity index (χ1n) is 7.41. The smallest absolute Gasteiger partial charge is 0.280 e. The first kappa shape index (κ1) is 15.0. The maximum Gasteiger partial charge on any atom is 0.280 e. The maximum absolute atomic E-state index is 11.7. The van der Waals surface area contributed by atoms with Gasteiger partial charge in [0, 0.05) is 13.0 Å². The monoisotopic (exact) mass is 282 g/mol. The summed E-state index contributed by atoms with van der Waals surface area (Å²) in [4.78, 5) is 19.4. The van der Waals surface area contributed by atoms with Crippen LogP contribution in [0.3, 0.4) is 0 Å². The third-order valence-corrected chi connectivity index (χ3v) is 3.61. The fourth-order valence-electron chi connectivity index (χ4n) is 2.50. The maximum atomic E-state index is 11.7. The zero-order valence-corrected chi connectivity index (χ0v) is 11.9. The van der Waals surface area contributed by atoms with Crippen molar-refractivity contribution < 1.29 is 19.6 Å². The van der Waals surface area contributed by atoms with Gasteiger partial charge in [-0.05, 0) is 37.1 Å². The van der Waals surface area contributed by atoms with E-state index < -0.39 is 0 Å². The standard InChI is InChI=1S/C14H23N3O3/c18-14(13-6-4-10-17(19)12-13)15-20-11-5-9-16-7-2-1-3-8-16/h6,12H,1-5,7-11H2,(H-,15,18,19)/p+1. The van der Waals surface area contributed by atoms with Crippen molar-refractivity contribution in [3.8, 4) is 0 Å². The second-order valence-electron chi connectivity index (χ2n) is 5.28. The van der Waals surface area contributed by atoms with Crippen LogP contribution in [0.15, 0.2) is 11.6 Å². The van der Waals surface area contributed by atoms with Gasteiger partial charge in [-0.2, -0.15) is 0 Å². The minimum absolute atomic E-state index is 0.304. The molecule has 20 heavy (non-hydrogen) atoms. The van der Waals surface area contributed by atoms with Gasteiger partial charge < -0.3 is 4.90 Å². The van der Waals surface area contributed by atoms with Crippen molar-refractivity contribution in [3.63, 3.8) is 0 Å². The molecule has 2 rings (SSSR count). The quantitative estimate of drug-likeness (QED) is 0.326. The molecule has 0 radical (unpaired) electrons. The van der Waals surface area contributed by atoms with E-state index in [1.54, 1.807) is 6.08 Å². The number of hydroxylamine groups is 2. The van der Waals surface area contributed by atoms with Crippen LogP contribution >= 0.6 is 0 Å². The molecule has 0 bridgehead atoms. The zero-order chi connectivity index (χ0) is 14.2. The first-order valence-corrected chi connectivity index (χ1v) is 7.41. The lowest BCUT2D eigenvalue weighted by atomic mass is 10.1. The molecule has 0 aliphatic carbocycles. The predicted molar refractivity (Wildman–Crippen MR) is 74.7 cm³/mol. The van der Waals surface area contributed by atoms with Gasteiger partial charge in [0.2, 0.25) is 6.21 Å². The molecule has 0 aromatic carbocycles. The number of rotatable bonds is 6. The van der Waals surface area contributed by atoms with Crippen LogP contribution in [-0.2, 0) is 9.63 Å². The lowest BCUT2D eigenvalue weighted by Gasteiger charge is -2.26. The van der Waals surface area contributed by atoms with Gasteiger partial charge >= 0.3 is 0 Å².